The average molecular weight is 384 g/mol. The van der Waals surface area contributed by atoms with Crippen molar-refractivity contribution >= 4 is 31.3 Å². The van der Waals surface area contributed by atoms with E-state index in [-0.39, 0.29) is 9.79 Å². The highest BCUT2D eigenvalue weighted by atomic mass is 32.2. The molecule has 0 radical (unpaired) electrons. The fourth-order valence-corrected chi connectivity index (χ4v) is 3.69. The molecule has 0 saturated carbocycles. The second kappa shape index (κ2) is 7.79. The van der Waals surface area contributed by atoms with Gasteiger partial charge in [0.25, 0.3) is 0 Å². The van der Waals surface area contributed by atoms with Gasteiger partial charge in [0, 0.05) is 38.0 Å². The van der Waals surface area contributed by atoms with Crippen LogP contribution in [0, 0.1) is 0 Å². The minimum absolute atomic E-state index is 0.0265. The van der Waals surface area contributed by atoms with Crippen LogP contribution in [0.25, 0.3) is 0 Å². The lowest BCUT2D eigenvalue weighted by Gasteiger charge is -2.12. The van der Waals surface area contributed by atoms with Gasteiger partial charge in [0.15, 0.2) is 19.7 Å². The molecule has 0 bridgehead atoms. The first-order chi connectivity index (χ1) is 11.7. The third-order valence-corrected chi connectivity index (χ3v) is 5.55. The number of nitrogens with one attached hydrogen (secondary N) is 2. The zero-order valence-corrected chi connectivity index (χ0v) is 15.6. The quantitative estimate of drug-likeness (QED) is 0.652. The summed E-state index contributed by atoms with van der Waals surface area (Å²) in [6, 6.07) is 5.77. The fourth-order valence-electron chi connectivity index (χ4n) is 2.09. The van der Waals surface area contributed by atoms with Gasteiger partial charge in [-0.1, -0.05) is 0 Å². The van der Waals surface area contributed by atoms with Crippen LogP contribution in [0.15, 0.2) is 46.5 Å². The maximum absolute atomic E-state index is 11.9. The molecule has 25 heavy (non-hydrogen) atoms. The largest absolute Gasteiger partial charge is 0.384 e. The Labute approximate surface area is 147 Å². The van der Waals surface area contributed by atoms with Gasteiger partial charge in [0.1, 0.15) is 0 Å². The van der Waals surface area contributed by atoms with Gasteiger partial charge in [-0.15, -0.1) is 0 Å². The summed E-state index contributed by atoms with van der Waals surface area (Å²) in [7, 11) is -7.04. The Morgan fingerprint density at radius 1 is 0.920 bits per heavy atom. The van der Waals surface area contributed by atoms with Crippen LogP contribution < -0.4 is 10.6 Å². The Morgan fingerprint density at radius 2 is 1.56 bits per heavy atom. The van der Waals surface area contributed by atoms with Crippen molar-refractivity contribution < 1.29 is 16.8 Å². The number of aromatic nitrogens is 2. The summed E-state index contributed by atoms with van der Waals surface area (Å²) in [6.45, 7) is 1.10. The Kier molecular flexibility index (Phi) is 5.96. The van der Waals surface area contributed by atoms with E-state index in [9.17, 15) is 16.8 Å². The van der Waals surface area contributed by atoms with Crippen molar-refractivity contribution in [2.75, 3.05) is 36.2 Å². The number of hydrogen-bond acceptors (Lipinski definition) is 8. The molecule has 2 N–H and O–H groups in total. The van der Waals surface area contributed by atoms with Crippen molar-refractivity contribution in [1.82, 2.24) is 9.97 Å². The van der Waals surface area contributed by atoms with Crippen LogP contribution in [-0.2, 0) is 19.7 Å². The highest BCUT2D eigenvalue weighted by molar-refractivity contribution is 7.91. The van der Waals surface area contributed by atoms with Crippen molar-refractivity contribution in [3.05, 3.63) is 36.7 Å². The lowest BCUT2D eigenvalue weighted by atomic mass is 10.3. The second-order valence-corrected chi connectivity index (χ2v) is 9.48. The Hall–Kier alpha value is -2.20. The van der Waals surface area contributed by atoms with Gasteiger partial charge in [-0.2, -0.15) is 0 Å². The van der Waals surface area contributed by atoms with Crippen LogP contribution in [0.5, 0.6) is 0 Å². The first-order valence-corrected chi connectivity index (χ1v) is 11.2. The van der Waals surface area contributed by atoms with E-state index in [2.05, 4.69) is 20.6 Å². The zero-order chi connectivity index (χ0) is 18.5. The number of nitrogens with zero attached hydrogens (tertiary/aromatic N) is 2. The SMILES string of the molecule is CS(=O)(=O)c1ccc(NCCCNc2ncccn2)c(S(C)(=O)=O)c1. The van der Waals surface area contributed by atoms with Crippen LogP contribution in [0.3, 0.4) is 0 Å². The van der Waals surface area contributed by atoms with Gasteiger partial charge < -0.3 is 10.6 Å². The summed E-state index contributed by atoms with van der Waals surface area (Å²) in [5, 5.41) is 6.07. The summed E-state index contributed by atoms with van der Waals surface area (Å²) in [4.78, 5) is 8.01. The van der Waals surface area contributed by atoms with Crippen LogP contribution in [0.1, 0.15) is 6.42 Å². The molecule has 0 saturated heterocycles. The molecule has 0 amide bonds. The van der Waals surface area contributed by atoms with Crippen LogP contribution in [0.2, 0.25) is 0 Å². The van der Waals surface area contributed by atoms with Crippen LogP contribution >= 0.6 is 0 Å². The number of rotatable bonds is 8. The maximum atomic E-state index is 11.9. The molecule has 0 aliphatic carbocycles. The van der Waals surface area contributed by atoms with Crippen LogP contribution in [0.4, 0.5) is 11.6 Å². The molecule has 0 aliphatic heterocycles. The highest BCUT2D eigenvalue weighted by Crippen LogP contribution is 2.25. The Morgan fingerprint density at radius 3 is 2.16 bits per heavy atom. The predicted octanol–water partition coefficient (Wildman–Crippen LogP) is 1.20. The molecule has 2 aromatic rings. The molecule has 0 fully saturated rings. The summed E-state index contributed by atoms with van der Waals surface area (Å²) in [6.07, 6.45) is 6.05. The summed E-state index contributed by atoms with van der Waals surface area (Å²) in [5.74, 6) is 0.525. The lowest BCUT2D eigenvalue weighted by molar-refractivity contribution is 0.600. The first-order valence-electron chi connectivity index (χ1n) is 7.47. The average Bonchev–Trinajstić information content (AvgIpc) is 2.53. The smallest absolute Gasteiger partial charge is 0.222 e. The van der Waals surface area contributed by atoms with Gasteiger partial charge in [0.2, 0.25) is 5.95 Å². The predicted molar refractivity (Wildman–Crippen MR) is 96.3 cm³/mol. The summed E-state index contributed by atoms with van der Waals surface area (Å²) >= 11 is 0. The molecule has 1 aromatic heterocycles. The topological polar surface area (TPSA) is 118 Å². The number of hydrogen-bond donors (Lipinski definition) is 2. The van der Waals surface area contributed by atoms with E-state index in [1.807, 2.05) is 0 Å². The summed E-state index contributed by atoms with van der Waals surface area (Å²) < 4.78 is 47.1. The molecular weight excluding hydrogens is 364 g/mol. The Balaban J connectivity index is 2.01. The van der Waals surface area contributed by atoms with Crippen molar-refractivity contribution in [3.8, 4) is 0 Å². The molecule has 1 heterocycles. The molecule has 136 valence electrons. The van der Waals surface area contributed by atoms with Gasteiger partial charge in [-0.25, -0.2) is 26.8 Å². The maximum Gasteiger partial charge on any atom is 0.222 e. The molecule has 2 rings (SSSR count). The number of benzene rings is 1. The minimum atomic E-state index is -3.56. The van der Waals surface area contributed by atoms with Crippen LogP contribution in [-0.4, -0.2) is 52.4 Å². The normalized spacial score (nSPS) is 11.9. The molecule has 0 unspecified atom stereocenters. The fraction of sp³-hybridized carbons (Fsp3) is 0.333. The van der Waals surface area contributed by atoms with E-state index >= 15 is 0 Å². The number of sulfone groups is 2. The van der Waals surface area contributed by atoms with Gasteiger partial charge in [-0.3, -0.25) is 0 Å². The molecular formula is C15H20N4O4S2. The van der Waals surface area contributed by atoms with Gasteiger partial charge in [-0.05, 0) is 30.7 Å². The van der Waals surface area contributed by atoms with Gasteiger partial charge in [0.05, 0.1) is 15.5 Å². The van der Waals surface area contributed by atoms with E-state index in [4.69, 9.17) is 0 Å². The Bertz CT molecular complexity index is 929. The van der Waals surface area contributed by atoms with E-state index < -0.39 is 19.7 Å². The van der Waals surface area contributed by atoms with Crippen molar-refractivity contribution in [2.24, 2.45) is 0 Å². The van der Waals surface area contributed by atoms with Gasteiger partial charge >= 0.3 is 0 Å². The second-order valence-electron chi connectivity index (χ2n) is 5.48. The highest BCUT2D eigenvalue weighted by Gasteiger charge is 2.17. The molecule has 1 aromatic carbocycles. The molecule has 0 aliphatic rings. The molecule has 10 heteroatoms. The van der Waals surface area contributed by atoms with Crippen molar-refractivity contribution in [2.45, 2.75) is 16.2 Å². The third kappa shape index (κ3) is 5.68. The molecule has 0 spiro atoms. The van der Waals surface area contributed by atoms with Crippen molar-refractivity contribution in [3.63, 3.8) is 0 Å². The minimum Gasteiger partial charge on any atom is -0.384 e. The monoisotopic (exact) mass is 384 g/mol. The van der Waals surface area contributed by atoms with E-state index in [1.54, 1.807) is 18.5 Å². The standard InChI is InChI=1S/C15H20N4O4S2/c1-24(20,21)12-5-6-13(14(11-12)25(2,22)23)16-7-3-8-17-15-18-9-4-10-19-15/h4-6,9-11,16H,3,7-8H2,1-2H3,(H,17,18,19). The zero-order valence-electron chi connectivity index (χ0n) is 13.9. The third-order valence-electron chi connectivity index (χ3n) is 3.30. The molecule has 0 atom stereocenters. The number of anilines is 2. The first kappa shape index (κ1) is 19.1. The van der Waals surface area contributed by atoms with E-state index in [1.165, 1.54) is 18.2 Å². The van der Waals surface area contributed by atoms with E-state index in [0.717, 1.165) is 12.5 Å². The van der Waals surface area contributed by atoms with E-state index in [0.29, 0.717) is 31.1 Å². The molecule has 8 nitrogen and oxygen atoms in total. The lowest BCUT2D eigenvalue weighted by Crippen LogP contribution is -2.13. The summed E-state index contributed by atoms with van der Waals surface area (Å²) in [5.41, 5.74) is 0.380. The van der Waals surface area contributed by atoms with Crippen molar-refractivity contribution in [1.29, 1.82) is 0 Å².